The number of aromatic nitrogens is 1. The molecule has 2 nitrogen and oxygen atoms in total. The third-order valence-corrected chi connectivity index (χ3v) is 5.91. The fourth-order valence-electron chi connectivity index (χ4n) is 3.04. The summed E-state index contributed by atoms with van der Waals surface area (Å²) in [6.07, 6.45) is 4.98. The Kier molecular flexibility index (Phi) is 3.59. The summed E-state index contributed by atoms with van der Waals surface area (Å²) in [5, 5.41) is 4.41. The van der Waals surface area contributed by atoms with Gasteiger partial charge in [-0.2, -0.15) is 0 Å². The number of nitrogens with zero attached hydrogens (tertiary/aromatic N) is 2. The van der Waals surface area contributed by atoms with Crippen molar-refractivity contribution in [2.75, 3.05) is 6.54 Å². The molecule has 1 aliphatic rings. The van der Waals surface area contributed by atoms with E-state index in [1.807, 2.05) is 41.1 Å². The molecule has 1 aliphatic heterocycles. The van der Waals surface area contributed by atoms with Crippen LogP contribution in [0.4, 0.5) is 0 Å². The van der Waals surface area contributed by atoms with Gasteiger partial charge in [0, 0.05) is 35.2 Å². The van der Waals surface area contributed by atoms with Crippen LogP contribution in [0.1, 0.15) is 26.9 Å². The first-order valence-electron chi connectivity index (χ1n) is 7.14. The Hall–Kier alpha value is -1.49. The maximum absolute atomic E-state index is 4.25. The molecule has 21 heavy (non-hydrogen) atoms. The molecule has 4 heterocycles. The van der Waals surface area contributed by atoms with Gasteiger partial charge in [0.2, 0.25) is 0 Å². The lowest BCUT2D eigenvalue weighted by Gasteiger charge is -2.35. The van der Waals surface area contributed by atoms with Crippen LogP contribution in [0.3, 0.4) is 0 Å². The molecule has 0 saturated carbocycles. The van der Waals surface area contributed by atoms with Crippen molar-refractivity contribution in [3.63, 3.8) is 0 Å². The van der Waals surface area contributed by atoms with Gasteiger partial charge in [0.05, 0.1) is 6.04 Å². The van der Waals surface area contributed by atoms with Crippen LogP contribution in [-0.2, 0) is 13.0 Å². The molecule has 3 aromatic heterocycles. The van der Waals surface area contributed by atoms with E-state index in [1.54, 1.807) is 4.88 Å². The topological polar surface area (TPSA) is 16.1 Å². The van der Waals surface area contributed by atoms with Gasteiger partial charge in [0.1, 0.15) is 0 Å². The Morgan fingerprint density at radius 3 is 2.95 bits per heavy atom. The van der Waals surface area contributed by atoms with Gasteiger partial charge in [0.15, 0.2) is 0 Å². The van der Waals surface area contributed by atoms with Crippen molar-refractivity contribution in [3.05, 3.63) is 74.4 Å². The second-order valence-electron chi connectivity index (χ2n) is 5.30. The van der Waals surface area contributed by atoms with Crippen molar-refractivity contribution in [2.45, 2.75) is 19.0 Å². The van der Waals surface area contributed by atoms with E-state index in [2.05, 4.69) is 44.9 Å². The van der Waals surface area contributed by atoms with Crippen molar-refractivity contribution in [1.82, 2.24) is 9.88 Å². The van der Waals surface area contributed by atoms with Crippen molar-refractivity contribution in [1.29, 1.82) is 0 Å². The summed E-state index contributed by atoms with van der Waals surface area (Å²) >= 11 is 3.76. The summed E-state index contributed by atoms with van der Waals surface area (Å²) in [6, 6.07) is 11.3. The van der Waals surface area contributed by atoms with Crippen LogP contribution in [0.5, 0.6) is 0 Å². The molecule has 106 valence electrons. The first-order chi connectivity index (χ1) is 10.4. The van der Waals surface area contributed by atoms with Gasteiger partial charge < -0.3 is 0 Å². The van der Waals surface area contributed by atoms with E-state index < -0.39 is 0 Å². The van der Waals surface area contributed by atoms with Crippen LogP contribution in [-0.4, -0.2) is 16.4 Å². The Morgan fingerprint density at radius 2 is 2.14 bits per heavy atom. The van der Waals surface area contributed by atoms with Crippen LogP contribution in [0, 0.1) is 0 Å². The molecule has 0 fully saturated rings. The Morgan fingerprint density at radius 1 is 1.14 bits per heavy atom. The number of hydrogen-bond donors (Lipinski definition) is 0. The highest BCUT2D eigenvalue weighted by Gasteiger charge is 2.30. The highest BCUT2D eigenvalue weighted by atomic mass is 32.1. The van der Waals surface area contributed by atoms with E-state index in [0.29, 0.717) is 6.04 Å². The minimum absolute atomic E-state index is 0.403. The molecule has 1 unspecified atom stereocenters. The summed E-state index contributed by atoms with van der Waals surface area (Å²) in [7, 11) is 0. The van der Waals surface area contributed by atoms with E-state index in [9.17, 15) is 0 Å². The molecule has 4 heteroatoms. The third kappa shape index (κ3) is 2.55. The maximum Gasteiger partial charge on any atom is 0.0709 e. The number of rotatable bonds is 3. The minimum Gasteiger partial charge on any atom is -0.287 e. The van der Waals surface area contributed by atoms with Crippen LogP contribution in [0.15, 0.2) is 53.5 Å². The summed E-state index contributed by atoms with van der Waals surface area (Å²) in [6.45, 7) is 2.08. The molecule has 3 aromatic rings. The molecule has 1 atom stereocenters. The van der Waals surface area contributed by atoms with E-state index in [0.717, 1.165) is 19.5 Å². The molecule has 0 saturated heterocycles. The first kappa shape index (κ1) is 13.2. The molecule has 0 aromatic carbocycles. The summed E-state index contributed by atoms with van der Waals surface area (Å²) < 4.78 is 0. The van der Waals surface area contributed by atoms with E-state index in [-0.39, 0.29) is 0 Å². The Bertz CT molecular complexity index is 703. The fourth-order valence-corrected chi connectivity index (χ4v) is 4.83. The van der Waals surface area contributed by atoms with Gasteiger partial charge in [-0.1, -0.05) is 12.1 Å². The largest absolute Gasteiger partial charge is 0.287 e. The molecule has 0 N–H and O–H groups in total. The molecule has 4 rings (SSSR count). The number of pyridine rings is 1. The molecular weight excluding hydrogens is 296 g/mol. The fraction of sp³-hybridized carbons (Fsp3) is 0.235. The lowest BCUT2D eigenvalue weighted by Crippen LogP contribution is -2.34. The van der Waals surface area contributed by atoms with E-state index in [1.165, 1.54) is 16.0 Å². The number of thiophene rings is 2. The van der Waals surface area contributed by atoms with Crippen molar-refractivity contribution >= 4 is 22.7 Å². The van der Waals surface area contributed by atoms with Crippen LogP contribution < -0.4 is 0 Å². The molecule has 0 amide bonds. The SMILES string of the molecule is c1cncc(CN2CCc3sccc3C2c2cccs2)c1. The van der Waals surface area contributed by atoms with Gasteiger partial charge in [-0.15, -0.1) is 22.7 Å². The van der Waals surface area contributed by atoms with Crippen molar-refractivity contribution in [2.24, 2.45) is 0 Å². The average molecular weight is 312 g/mol. The monoisotopic (exact) mass is 312 g/mol. The second kappa shape index (κ2) is 5.72. The zero-order valence-corrected chi connectivity index (χ0v) is 13.2. The zero-order valence-electron chi connectivity index (χ0n) is 11.6. The third-order valence-electron chi connectivity index (χ3n) is 3.99. The first-order valence-corrected chi connectivity index (χ1v) is 8.90. The summed E-state index contributed by atoms with van der Waals surface area (Å²) in [5.41, 5.74) is 2.79. The molecule has 0 spiro atoms. The van der Waals surface area contributed by atoms with Crippen LogP contribution in [0.25, 0.3) is 0 Å². The van der Waals surface area contributed by atoms with Crippen molar-refractivity contribution in [3.8, 4) is 0 Å². The lowest BCUT2D eigenvalue weighted by atomic mass is 9.98. The van der Waals surface area contributed by atoms with Gasteiger partial charge in [-0.25, -0.2) is 0 Å². The van der Waals surface area contributed by atoms with Gasteiger partial charge >= 0.3 is 0 Å². The van der Waals surface area contributed by atoms with Crippen LogP contribution in [0.2, 0.25) is 0 Å². The number of fused-ring (bicyclic) bond motifs is 1. The quantitative estimate of drug-likeness (QED) is 0.714. The van der Waals surface area contributed by atoms with E-state index in [4.69, 9.17) is 0 Å². The van der Waals surface area contributed by atoms with E-state index >= 15 is 0 Å². The minimum atomic E-state index is 0.403. The summed E-state index contributed by atoms with van der Waals surface area (Å²) in [5.74, 6) is 0. The Labute approximate surface area is 132 Å². The van der Waals surface area contributed by atoms with Gasteiger partial charge in [-0.05, 0) is 46.5 Å². The zero-order chi connectivity index (χ0) is 14.1. The predicted molar refractivity (Wildman–Crippen MR) is 88.8 cm³/mol. The predicted octanol–water partition coefficient (Wildman–Crippen LogP) is 4.35. The molecule has 0 bridgehead atoms. The Balaban J connectivity index is 1.70. The maximum atomic E-state index is 4.25. The average Bonchev–Trinajstić information content (AvgIpc) is 3.19. The smallest absolute Gasteiger partial charge is 0.0709 e. The highest BCUT2D eigenvalue weighted by molar-refractivity contribution is 7.10. The highest BCUT2D eigenvalue weighted by Crippen LogP contribution is 2.39. The van der Waals surface area contributed by atoms with Gasteiger partial charge in [-0.3, -0.25) is 9.88 Å². The lowest BCUT2D eigenvalue weighted by molar-refractivity contribution is 0.208. The van der Waals surface area contributed by atoms with Crippen LogP contribution >= 0.6 is 22.7 Å². The summed E-state index contributed by atoms with van der Waals surface area (Å²) in [4.78, 5) is 9.83. The molecule has 0 aliphatic carbocycles. The molecular formula is C17H16N2S2. The number of hydrogen-bond acceptors (Lipinski definition) is 4. The molecule has 0 radical (unpaired) electrons. The second-order valence-corrected chi connectivity index (χ2v) is 7.28. The van der Waals surface area contributed by atoms with Crippen molar-refractivity contribution < 1.29 is 0 Å². The van der Waals surface area contributed by atoms with Gasteiger partial charge in [0.25, 0.3) is 0 Å². The standard InChI is InChI=1S/C17H16N2S2/c1-3-13(11-18-7-1)12-19-8-5-15-14(6-10-21-15)17(19)16-4-2-9-20-16/h1-4,6-7,9-11,17H,5,8,12H2. The normalized spacial score (nSPS) is 18.6.